The Balaban J connectivity index is 1.88. The van der Waals surface area contributed by atoms with Crippen LogP contribution in [0, 0.1) is 0 Å². The molecule has 126 valence electrons. The Labute approximate surface area is 142 Å². The van der Waals surface area contributed by atoms with E-state index in [-0.39, 0.29) is 18.4 Å². The van der Waals surface area contributed by atoms with Crippen molar-refractivity contribution in [2.45, 2.75) is 19.1 Å². The van der Waals surface area contributed by atoms with Gasteiger partial charge < -0.3 is 15.4 Å². The predicted octanol–water partition coefficient (Wildman–Crippen LogP) is 1.98. The number of carbonyl (C=O) groups is 2. The van der Waals surface area contributed by atoms with Gasteiger partial charge in [0.2, 0.25) is 5.91 Å². The van der Waals surface area contributed by atoms with Gasteiger partial charge in [-0.1, -0.05) is 60.7 Å². The van der Waals surface area contributed by atoms with E-state index in [0.29, 0.717) is 6.54 Å². The monoisotopic (exact) mass is 326 g/mol. The molecule has 2 aromatic rings. The number of ether oxygens (including phenoxy) is 1. The van der Waals surface area contributed by atoms with Crippen LogP contribution in [0.2, 0.25) is 0 Å². The maximum absolute atomic E-state index is 12.5. The van der Waals surface area contributed by atoms with Gasteiger partial charge in [0.05, 0.1) is 6.54 Å². The van der Waals surface area contributed by atoms with Crippen LogP contribution in [-0.2, 0) is 26.5 Å². The molecule has 0 fully saturated rings. The number of methoxy groups -OCH3 is 1. The van der Waals surface area contributed by atoms with Crippen molar-refractivity contribution in [1.29, 1.82) is 0 Å². The minimum atomic E-state index is -1.14. The smallest absolute Gasteiger partial charge is 0.257 e. The highest BCUT2D eigenvalue weighted by atomic mass is 16.5. The molecule has 0 aliphatic carbocycles. The van der Waals surface area contributed by atoms with Crippen LogP contribution in [0.5, 0.6) is 0 Å². The third-order valence-electron chi connectivity index (χ3n) is 3.91. The van der Waals surface area contributed by atoms with Crippen molar-refractivity contribution in [3.05, 3.63) is 71.8 Å². The maximum atomic E-state index is 12.5. The summed E-state index contributed by atoms with van der Waals surface area (Å²) in [5, 5.41) is 5.40. The van der Waals surface area contributed by atoms with Crippen LogP contribution in [0.1, 0.15) is 18.1 Å². The molecule has 0 radical (unpaired) electrons. The number of hydrogen-bond acceptors (Lipinski definition) is 3. The molecule has 0 spiro atoms. The highest BCUT2D eigenvalue weighted by Gasteiger charge is 2.35. The Bertz CT molecular complexity index is 674. The quantitative estimate of drug-likeness (QED) is 0.817. The van der Waals surface area contributed by atoms with Crippen molar-refractivity contribution in [2.24, 2.45) is 0 Å². The number of carbonyl (C=O) groups excluding carboxylic acids is 2. The van der Waals surface area contributed by atoms with Gasteiger partial charge in [-0.05, 0) is 18.1 Å². The summed E-state index contributed by atoms with van der Waals surface area (Å²) in [4.78, 5) is 24.4. The van der Waals surface area contributed by atoms with E-state index in [1.165, 1.54) is 7.11 Å². The van der Waals surface area contributed by atoms with Crippen molar-refractivity contribution in [2.75, 3.05) is 13.7 Å². The summed E-state index contributed by atoms with van der Waals surface area (Å²) in [6.07, 6.45) is 0. The lowest BCUT2D eigenvalue weighted by Crippen LogP contribution is -2.47. The molecule has 1 unspecified atom stereocenters. The molecule has 2 N–H and O–H groups in total. The van der Waals surface area contributed by atoms with Gasteiger partial charge in [-0.2, -0.15) is 0 Å². The summed E-state index contributed by atoms with van der Waals surface area (Å²) in [5.74, 6) is -0.607. The van der Waals surface area contributed by atoms with E-state index in [1.54, 1.807) is 6.92 Å². The van der Waals surface area contributed by atoms with Crippen LogP contribution in [0.3, 0.4) is 0 Å². The standard InChI is InChI=1S/C19H22N2O3/c1-19(24-2,16-11-7-4-8-12-16)18(23)21-14-17(22)20-13-15-9-5-3-6-10-15/h3-12H,13-14H2,1-2H3,(H,20,22)(H,21,23). The van der Waals surface area contributed by atoms with Crippen molar-refractivity contribution in [1.82, 2.24) is 10.6 Å². The maximum Gasteiger partial charge on any atom is 0.257 e. The van der Waals surface area contributed by atoms with E-state index in [0.717, 1.165) is 11.1 Å². The molecule has 0 heterocycles. The van der Waals surface area contributed by atoms with Crippen LogP contribution in [0.4, 0.5) is 0 Å². The Morgan fingerprint density at radius 2 is 1.54 bits per heavy atom. The molecule has 2 amide bonds. The molecule has 5 nitrogen and oxygen atoms in total. The van der Waals surface area contributed by atoms with Crippen molar-refractivity contribution in [3.63, 3.8) is 0 Å². The number of rotatable bonds is 7. The Kier molecular flexibility index (Phi) is 6.09. The summed E-state index contributed by atoms with van der Waals surface area (Å²) < 4.78 is 5.40. The first-order valence-corrected chi connectivity index (χ1v) is 7.76. The zero-order chi connectivity index (χ0) is 17.4. The lowest BCUT2D eigenvalue weighted by Gasteiger charge is -2.27. The summed E-state index contributed by atoms with van der Waals surface area (Å²) in [5.41, 5.74) is 0.596. The minimum absolute atomic E-state index is 0.0998. The third-order valence-corrected chi connectivity index (χ3v) is 3.91. The van der Waals surface area contributed by atoms with E-state index >= 15 is 0 Å². The fourth-order valence-electron chi connectivity index (χ4n) is 2.29. The molecule has 0 saturated carbocycles. The first-order chi connectivity index (χ1) is 11.6. The minimum Gasteiger partial charge on any atom is -0.364 e. The first kappa shape index (κ1) is 17.7. The lowest BCUT2D eigenvalue weighted by molar-refractivity contribution is -0.143. The van der Waals surface area contributed by atoms with Gasteiger partial charge >= 0.3 is 0 Å². The molecule has 5 heteroatoms. The van der Waals surface area contributed by atoms with Crippen molar-refractivity contribution < 1.29 is 14.3 Å². The van der Waals surface area contributed by atoms with Gasteiger partial charge in [0.15, 0.2) is 5.60 Å². The Hall–Kier alpha value is -2.66. The summed E-state index contributed by atoms with van der Waals surface area (Å²) >= 11 is 0. The van der Waals surface area contributed by atoms with Crippen molar-refractivity contribution in [3.8, 4) is 0 Å². The van der Waals surface area contributed by atoms with Gasteiger partial charge in [0, 0.05) is 13.7 Å². The zero-order valence-corrected chi connectivity index (χ0v) is 13.9. The zero-order valence-electron chi connectivity index (χ0n) is 13.9. The summed E-state index contributed by atoms with van der Waals surface area (Å²) in [7, 11) is 1.47. The second-order valence-corrected chi connectivity index (χ2v) is 5.55. The molecule has 0 saturated heterocycles. The van der Waals surface area contributed by atoms with E-state index in [2.05, 4.69) is 10.6 Å². The van der Waals surface area contributed by atoms with Crippen molar-refractivity contribution >= 4 is 11.8 Å². The number of benzene rings is 2. The summed E-state index contributed by atoms with van der Waals surface area (Å²) in [6, 6.07) is 18.8. The fourth-order valence-corrected chi connectivity index (χ4v) is 2.29. The number of hydrogen-bond donors (Lipinski definition) is 2. The van der Waals surface area contributed by atoms with Crippen LogP contribution in [0.25, 0.3) is 0 Å². The third kappa shape index (κ3) is 4.43. The van der Waals surface area contributed by atoms with Gasteiger partial charge in [0.1, 0.15) is 0 Å². The van der Waals surface area contributed by atoms with E-state index in [9.17, 15) is 9.59 Å². The lowest BCUT2D eigenvalue weighted by atomic mass is 9.95. The molecule has 0 aliphatic heterocycles. The van der Waals surface area contributed by atoms with Crippen LogP contribution in [-0.4, -0.2) is 25.5 Å². The average molecular weight is 326 g/mol. The molecular formula is C19H22N2O3. The molecule has 2 rings (SSSR count). The Morgan fingerprint density at radius 1 is 0.958 bits per heavy atom. The van der Waals surface area contributed by atoms with Crippen LogP contribution < -0.4 is 10.6 Å². The highest BCUT2D eigenvalue weighted by molar-refractivity contribution is 5.90. The normalized spacial score (nSPS) is 12.9. The number of amides is 2. The molecule has 2 aromatic carbocycles. The molecule has 0 bridgehead atoms. The van der Waals surface area contributed by atoms with Crippen LogP contribution >= 0.6 is 0 Å². The van der Waals surface area contributed by atoms with Gasteiger partial charge in [0.25, 0.3) is 5.91 Å². The molecule has 24 heavy (non-hydrogen) atoms. The SMILES string of the molecule is COC(C)(C(=O)NCC(=O)NCc1ccccc1)c1ccccc1. The van der Waals surface area contributed by atoms with Gasteiger partial charge in [-0.25, -0.2) is 0 Å². The molecule has 0 aliphatic rings. The number of nitrogens with one attached hydrogen (secondary N) is 2. The largest absolute Gasteiger partial charge is 0.364 e. The second-order valence-electron chi connectivity index (χ2n) is 5.55. The predicted molar refractivity (Wildman–Crippen MR) is 92.1 cm³/mol. The molecular weight excluding hydrogens is 304 g/mol. The second kappa shape index (κ2) is 8.26. The molecule has 0 aromatic heterocycles. The topological polar surface area (TPSA) is 67.4 Å². The van der Waals surface area contributed by atoms with E-state index < -0.39 is 5.60 Å². The first-order valence-electron chi connectivity index (χ1n) is 7.76. The Morgan fingerprint density at radius 3 is 2.12 bits per heavy atom. The van der Waals surface area contributed by atoms with E-state index in [4.69, 9.17) is 4.74 Å². The molecule has 1 atom stereocenters. The average Bonchev–Trinajstić information content (AvgIpc) is 2.65. The fraction of sp³-hybridized carbons (Fsp3) is 0.263. The van der Waals surface area contributed by atoms with Gasteiger partial charge in [-0.15, -0.1) is 0 Å². The van der Waals surface area contributed by atoms with E-state index in [1.807, 2.05) is 60.7 Å². The van der Waals surface area contributed by atoms with Crippen LogP contribution in [0.15, 0.2) is 60.7 Å². The highest BCUT2D eigenvalue weighted by Crippen LogP contribution is 2.24. The summed E-state index contributed by atoms with van der Waals surface area (Å²) in [6.45, 7) is 2.01. The van der Waals surface area contributed by atoms with Gasteiger partial charge in [-0.3, -0.25) is 9.59 Å².